The van der Waals surface area contributed by atoms with E-state index >= 15 is 0 Å². The van der Waals surface area contributed by atoms with E-state index in [4.69, 9.17) is 4.74 Å². The maximum atomic E-state index is 12.1. The summed E-state index contributed by atoms with van der Waals surface area (Å²) in [5, 5.41) is 2.11. The normalized spacial score (nSPS) is 10.4. The molecule has 0 aliphatic rings. The second-order valence-electron chi connectivity index (χ2n) is 5.84. The van der Waals surface area contributed by atoms with E-state index in [1.165, 1.54) is 0 Å². The second-order valence-corrected chi connectivity index (χ2v) is 5.84. The van der Waals surface area contributed by atoms with Crippen molar-refractivity contribution in [3.8, 4) is 0 Å². The summed E-state index contributed by atoms with van der Waals surface area (Å²) in [5.74, 6) is -0.599. The Bertz CT molecular complexity index is 746. The molecule has 2 aromatic carbocycles. The summed E-state index contributed by atoms with van der Waals surface area (Å²) in [5.41, 5.74) is 1.80. The molecule has 2 aromatic rings. The van der Waals surface area contributed by atoms with Crippen LogP contribution in [-0.4, -0.2) is 36.5 Å². The van der Waals surface area contributed by atoms with Crippen molar-refractivity contribution in [2.24, 2.45) is 0 Å². The predicted octanol–water partition coefficient (Wildman–Crippen LogP) is 3.35. The van der Waals surface area contributed by atoms with Crippen molar-refractivity contribution in [2.75, 3.05) is 19.7 Å². The van der Waals surface area contributed by atoms with Crippen LogP contribution in [0.5, 0.6) is 0 Å². The van der Waals surface area contributed by atoms with Gasteiger partial charge in [0.1, 0.15) is 0 Å². The highest BCUT2D eigenvalue weighted by atomic mass is 16.5. The van der Waals surface area contributed by atoms with Crippen molar-refractivity contribution in [3.63, 3.8) is 0 Å². The van der Waals surface area contributed by atoms with E-state index in [1.807, 2.05) is 56.3 Å². The lowest BCUT2D eigenvalue weighted by Crippen LogP contribution is -2.35. The molecule has 0 bridgehead atoms. The molecule has 0 saturated heterocycles. The Morgan fingerprint density at radius 3 is 2.54 bits per heavy atom. The summed E-state index contributed by atoms with van der Waals surface area (Å²) in [7, 11) is 0. The highest BCUT2D eigenvalue weighted by Gasteiger charge is 2.15. The monoisotopic (exact) mass is 325 g/mol. The van der Waals surface area contributed by atoms with Gasteiger partial charge >= 0.3 is 5.97 Å². The first kappa shape index (κ1) is 17.7. The van der Waals surface area contributed by atoms with Crippen LogP contribution in [-0.2, 0) is 20.7 Å². The minimum absolute atomic E-state index is 0.154. The number of fused-ring (bicyclic) bond motifs is 1. The summed E-state index contributed by atoms with van der Waals surface area (Å²) in [6.07, 6.45) is 0.154. The first-order valence-corrected chi connectivity index (χ1v) is 8.05. The van der Waals surface area contributed by atoms with E-state index in [2.05, 4.69) is 6.58 Å². The molecular weight excluding hydrogens is 302 g/mol. The van der Waals surface area contributed by atoms with Crippen LogP contribution in [0.4, 0.5) is 0 Å². The van der Waals surface area contributed by atoms with Crippen LogP contribution < -0.4 is 0 Å². The van der Waals surface area contributed by atoms with Gasteiger partial charge in [0.15, 0.2) is 6.61 Å². The summed E-state index contributed by atoms with van der Waals surface area (Å²) < 4.78 is 5.16. The van der Waals surface area contributed by atoms with Gasteiger partial charge in [-0.2, -0.15) is 0 Å². The van der Waals surface area contributed by atoms with Crippen LogP contribution in [0.2, 0.25) is 0 Å². The molecule has 0 radical (unpaired) electrons. The minimum atomic E-state index is -0.397. The van der Waals surface area contributed by atoms with Crippen LogP contribution in [0.3, 0.4) is 0 Å². The number of carbonyl (C=O) groups is 2. The highest BCUT2D eigenvalue weighted by molar-refractivity contribution is 5.89. The summed E-state index contributed by atoms with van der Waals surface area (Å²) in [6.45, 7) is 8.37. The number of hydrogen-bond donors (Lipinski definition) is 0. The maximum Gasteiger partial charge on any atom is 0.310 e. The minimum Gasteiger partial charge on any atom is -0.455 e. The predicted molar refractivity (Wildman–Crippen MR) is 95.7 cm³/mol. The molecule has 0 heterocycles. The average molecular weight is 325 g/mol. The molecule has 126 valence electrons. The number of hydrogen-bond acceptors (Lipinski definition) is 3. The number of esters is 1. The van der Waals surface area contributed by atoms with Crippen molar-refractivity contribution >= 4 is 22.6 Å². The zero-order valence-corrected chi connectivity index (χ0v) is 14.2. The number of ether oxygens (including phenoxy) is 1. The summed E-state index contributed by atoms with van der Waals surface area (Å²) >= 11 is 0. The third-order valence-corrected chi connectivity index (χ3v) is 3.77. The van der Waals surface area contributed by atoms with Crippen molar-refractivity contribution < 1.29 is 14.3 Å². The first-order valence-electron chi connectivity index (χ1n) is 8.05. The van der Waals surface area contributed by atoms with Crippen LogP contribution >= 0.6 is 0 Å². The molecule has 0 aliphatic carbocycles. The Morgan fingerprint density at radius 1 is 1.12 bits per heavy atom. The average Bonchev–Trinajstić information content (AvgIpc) is 2.57. The van der Waals surface area contributed by atoms with Crippen molar-refractivity contribution in [3.05, 3.63) is 60.2 Å². The van der Waals surface area contributed by atoms with Crippen molar-refractivity contribution in [1.82, 2.24) is 4.90 Å². The fraction of sp³-hybridized carbons (Fsp3) is 0.300. The number of nitrogens with zero attached hydrogens (tertiary/aromatic N) is 1. The lowest BCUT2D eigenvalue weighted by atomic mass is 10.0. The Balaban J connectivity index is 1.95. The van der Waals surface area contributed by atoms with Crippen LogP contribution in [0.15, 0.2) is 54.6 Å². The van der Waals surface area contributed by atoms with E-state index < -0.39 is 5.97 Å². The second kappa shape index (κ2) is 8.29. The zero-order valence-electron chi connectivity index (χ0n) is 14.2. The maximum absolute atomic E-state index is 12.1. The Hall–Kier alpha value is -2.62. The SMILES string of the molecule is C=C(C)CN(CC)C(=O)COC(=O)Cc1cccc2ccccc12. The smallest absolute Gasteiger partial charge is 0.310 e. The number of benzene rings is 2. The van der Waals surface area contributed by atoms with Gasteiger partial charge in [0.25, 0.3) is 5.91 Å². The molecule has 24 heavy (non-hydrogen) atoms. The number of likely N-dealkylation sites (N-methyl/N-ethyl adjacent to an activating group) is 1. The lowest BCUT2D eigenvalue weighted by molar-refractivity contribution is -0.151. The fourth-order valence-corrected chi connectivity index (χ4v) is 2.59. The van der Waals surface area contributed by atoms with Crippen molar-refractivity contribution in [2.45, 2.75) is 20.3 Å². The summed E-state index contributed by atoms with van der Waals surface area (Å²) in [6, 6.07) is 13.7. The van der Waals surface area contributed by atoms with E-state index in [0.29, 0.717) is 13.1 Å². The Morgan fingerprint density at radius 2 is 1.83 bits per heavy atom. The molecule has 0 aromatic heterocycles. The van der Waals surface area contributed by atoms with E-state index in [0.717, 1.165) is 21.9 Å². The molecule has 1 amide bonds. The quantitative estimate of drug-likeness (QED) is 0.579. The Kier molecular flexibility index (Phi) is 6.13. The van der Waals surface area contributed by atoms with Gasteiger partial charge in [0.2, 0.25) is 0 Å². The standard InChI is InChI=1S/C20H23NO3/c1-4-21(13-15(2)3)19(22)14-24-20(23)12-17-10-7-9-16-8-5-6-11-18(16)17/h5-11H,2,4,12-14H2,1,3H3. The Labute approximate surface area is 142 Å². The number of carbonyl (C=O) groups excluding carboxylic acids is 2. The molecule has 2 rings (SSSR count). The molecule has 4 nitrogen and oxygen atoms in total. The van der Waals surface area contributed by atoms with Gasteiger partial charge in [-0.15, -0.1) is 0 Å². The molecule has 0 atom stereocenters. The summed E-state index contributed by atoms with van der Waals surface area (Å²) in [4.78, 5) is 25.8. The molecular formula is C20H23NO3. The topological polar surface area (TPSA) is 46.6 Å². The van der Waals surface area contributed by atoms with Gasteiger partial charge < -0.3 is 9.64 Å². The van der Waals surface area contributed by atoms with Crippen LogP contribution in [0.1, 0.15) is 19.4 Å². The van der Waals surface area contributed by atoms with Gasteiger partial charge in [-0.05, 0) is 30.2 Å². The molecule has 0 unspecified atom stereocenters. The van der Waals surface area contributed by atoms with E-state index in [9.17, 15) is 9.59 Å². The van der Waals surface area contributed by atoms with Gasteiger partial charge in [-0.1, -0.05) is 54.6 Å². The lowest BCUT2D eigenvalue weighted by Gasteiger charge is -2.20. The molecule has 0 N–H and O–H groups in total. The molecule has 0 fully saturated rings. The third kappa shape index (κ3) is 4.69. The first-order chi connectivity index (χ1) is 11.5. The van der Waals surface area contributed by atoms with Crippen LogP contribution in [0, 0.1) is 0 Å². The van der Waals surface area contributed by atoms with E-state index in [-0.39, 0.29) is 18.9 Å². The molecule has 0 aliphatic heterocycles. The number of rotatable bonds is 7. The number of amides is 1. The van der Waals surface area contributed by atoms with Gasteiger partial charge in [-0.25, -0.2) is 0 Å². The van der Waals surface area contributed by atoms with Crippen molar-refractivity contribution in [1.29, 1.82) is 0 Å². The highest BCUT2D eigenvalue weighted by Crippen LogP contribution is 2.19. The van der Waals surface area contributed by atoms with Gasteiger partial charge in [0, 0.05) is 13.1 Å². The van der Waals surface area contributed by atoms with Crippen LogP contribution in [0.25, 0.3) is 10.8 Å². The molecule has 0 spiro atoms. The molecule has 0 saturated carbocycles. The third-order valence-electron chi connectivity index (χ3n) is 3.77. The fourth-order valence-electron chi connectivity index (χ4n) is 2.59. The molecule has 4 heteroatoms. The van der Waals surface area contributed by atoms with Gasteiger partial charge in [-0.3, -0.25) is 9.59 Å². The van der Waals surface area contributed by atoms with Gasteiger partial charge in [0.05, 0.1) is 6.42 Å². The largest absolute Gasteiger partial charge is 0.455 e. The van der Waals surface area contributed by atoms with E-state index in [1.54, 1.807) is 4.90 Å². The zero-order chi connectivity index (χ0) is 17.5.